The number of ether oxygens (including phenoxy) is 1. The van der Waals surface area contributed by atoms with Gasteiger partial charge in [0.2, 0.25) is 0 Å². The normalized spacial score (nSPS) is 14.2. The van der Waals surface area contributed by atoms with Gasteiger partial charge < -0.3 is 9.84 Å². The Balaban J connectivity index is 2.95. The number of aliphatic hydroxyl groups is 1. The van der Waals surface area contributed by atoms with E-state index in [0.29, 0.717) is 0 Å². The Morgan fingerprint density at radius 3 is 2.62 bits per heavy atom. The summed E-state index contributed by atoms with van der Waals surface area (Å²) in [6, 6.07) is 7.60. The number of hydrogen-bond acceptors (Lipinski definition) is 3. The fourth-order valence-electron chi connectivity index (χ4n) is 1.73. The molecular weight excluding hydrogens is 204 g/mol. The third kappa shape index (κ3) is 2.61. The molecule has 0 saturated heterocycles. The van der Waals surface area contributed by atoms with Crippen LogP contribution < -0.4 is 0 Å². The van der Waals surface area contributed by atoms with E-state index in [9.17, 15) is 9.90 Å². The lowest BCUT2D eigenvalue weighted by molar-refractivity contribution is -0.148. The molecule has 1 aromatic carbocycles. The fourth-order valence-corrected chi connectivity index (χ4v) is 1.73. The summed E-state index contributed by atoms with van der Waals surface area (Å²) in [4.78, 5) is 11.3. The summed E-state index contributed by atoms with van der Waals surface area (Å²) in [7, 11) is 1.33. The molecule has 0 aromatic heterocycles. The largest absolute Gasteiger partial charge is 0.469 e. The quantitative estimate of drug-likeness (QED) is 0.793. The van der Waals surface area contributed by atoms with Gasteiger partial charge in [0.05, 0.1) is 19.1 Å². The maximum Gasteiger partial charge on any atom is 0.311 e. The Bertz CT molecular complexity index is 360. The molecule has 0 spiro atoms. The first kappa shape index (κ1) is 12.7. The highest BCUT2D eigenvalue weighted by Crippen LogP contribution is 2.26. The molecule has 3 heteroatoms. The van der Waals surface area contributed by atoms with Gasteiger partial charge in [0, 0.05) is 0 Å². The van der Waals surface area contributed by atoms with Gasteiger partial charge in [-0.15, -0.1) is 0 Å². The van der Waals surface area contributed by atoms with Crippen LogP contribution in [0.3, 0.4) is 0 Å². The van der Waals surface area contributed by atoms with E-state index < -0.39 is 18.0 Å². The molecule has 0 saturated carbocycles. The van der Waals surface area contributed by atoms with E-state index in [1.165, 1.54) is 7.11 Å². The summed E-state index contributed by atoms with van der Waals surface area (Å²) < 4.78 is 4.63. The molecule has 88 valence electrons. The van der Waals surface area contributed by atoms with Gasteiger partial charge >= 0.3 is 5.97 Å². The number of carbonyl (C=O) groups excluding carboxylic acids is 1. The van der Waals surface area contributed by atoms with Gasteiger partial charge in [0.25, 0.3) is 0 Å². The second kappa shape index (κ2) is 5.66. The van der Waals surface area contributed by atoms with Gasteiger partial charge in [-0.05, 0) is 24.5 Å². The molecule has 2 unspecified atom stereocenters. The minimum atomic E-state index is -0.802. The van der Waals surface area contributed by atoms with Gasteiger partial charge in [0.1, 0.15) is 0 Å². The molecule has 1 rings (SSSR count). The molecule has 1 aromatic rings. The van der Waals surface area contributed by atoms with Crippen molar-refractivity contribution in [3.8, 4) is 0 Å². The molecule has 3 nitrogen and oxygen atoms in total. The molecule has 0 aliphatic carbocycles. The summed E-state index contributed by atoms with van der Waals surface area (Å²) in [5, 5.41) is 10.1. The Morgan fingerprint density at radius 2 is 2.06 bits per heavy atom. The molecule has 0 amide bonds. The minimum absolute atomic E-state index is 0.390. The average molecular weight is 222 g/mol. The smallest absolute Gasteiger partial charge is 0.311 e. The number of carbonyl (C=O) groups is 1. The number of esters is 1. The van der Waals surface area contributed by atoms with Crippen LogP contribution in [0.25, 0.3) is 0 Å². The van der Waals surface area contributed by atoms with E-state index in [1.807, 2.05) is 31.2 Å². The third-order valence-corrected chi connectivity index (χ3v) is 2.80. The minimum Gasteiger partial charge on any atom is -0.469 e. The van der Waals surface area contributed by atoms with E-state index in [4.69, 9.17) is 0 Å². The summed E-state index contributed by atoms with van der Waals surface area (Å²) in [6.45, 7) is 3.69. The molecule has 0 heterocycles. The molecular formula is C13H18O3. The molecule has 1 N–H and O–H groups in total. The number of aliphatic hydroxyl groups excluding tert-OH is 1. The van der Waals surface area contributed by atoms with E-state index in [1.54, 1.807) is 6.92 Å². The standard InChI is InChI=1S/C13H18O3/c1-4-10-7-5-6-8-11(10)12(14)9(2)13(15)16-3/h5-9,12,14H,4H2,1-3H3. The van der Waals surface area contributed by atoms with Crippen molar-refractivity contribution in [1.29, 1.82) is 0 Å². The molecule has 2 atom stereocenters. The Hall–Kier alpha value is -1.35. The first-order valence-electron chi connectivity index (χ1n) is 5.45. The highest BCUT2D eigenvalue weighted by atomic mass is 16.5. The van der Waals surface area contributed by atoms with Gasteiger partial charge in [0.15, 0.2) is 0 Å². The predicted molar refractivity (Wildman–Crippen MR) is 62.0 cm³/mol. The highest BCUT2D eigenvalue weighted by Gasteiger charge is 2.25. The number of aryl methyl sites for hydroxylation is 1. The number of hydrogen-bond donors (Lipinski definition) is 1. The number of benzene rings is 1. The lowest BCUT2D eigenvalue weighted by Crippen LogP contribution is -2.21. The zero-order chi connectivity index (χ0) is 12.1. The second-order valence-electron chi connectivity index (χ2n) is 3.81. The van der Waals surface area contributed by atoms with Crippen molar-refractivity contribution in [1.82, 2.24) is 0 Å². The zero-order valence-corrected chi connectivity index (χ0v) is 9.93. The van der Waals surface area contributed by atoms with Crippen LogP contribution in [0, 0.1) is 5.92 Å². The molecule has 0 fully saturated rings. The topological polar surface area (TPSA) is 46.5 Å². The zero-order valence-electron chi connectivity index (χ0n) is 9.93. The maximum atomic E-state index is 11.3. The van der Waals surface area contributed by atoms with Gasteiger partial charge in [-0.1, -0.05) is 31.2 Å². The molecule has 0 aliphatic heterocycles. The molecule has 0 radical (unpaired) electrons. The van der Waals surface area contributed by atoms with E-state index in [2.05, 4.69) is 4.74 Å². The SMILES string of the molecule is CCc1ccccc1C(O)C(C)C(=O)OC. The van der Waals surface area contributed by atoms with E-state index >= 15 is 0 Å². The number of methoxy groups -OCH3 is 1. The van der Waals surface area contributed by atoms with Crippen molar-refractivity contribution in [3.63, 3.8) is 0 Å². The second-order valence-corrected chi connectivity index (χ2v) is 3.81. The van der Waals surface area contributed by atoms with Crippen molar-refractivity contribution >= 4 is 5.97 Å². The maximum absolute atomic E-state index is 11.3. The Labute approximate surface area is 96.1 Å². The van der Waals surface area contributed by atoms with Crippen molar-refractivity contribution in [2.45, 2.75) is 26.4 Å². The third-order valence-electron chi connectivity index (χ3n) is 2.80. The highest BCUT2D eigenvalue weighted by molar-refractivity contribution is 5.72. The van der Waals surface area contributed by atoms with Crippen LogP contribution in [0.4, 0.5) is 0 Å². The van der Waals surface area contributed by atoms with Crippen LogP contribution in [-0.4, -0.2) is 18.2 Å². The predicted octanol–water partition coefficient (Wildman–Crippen LogP) is 2.09. The van der Waals surface area contributed by atoms with Gasteiger partial charge in [-0.2, -0.15) is 0 Å². The van der Waals surface area contributed by atoms with Crippen LogP contribution in [0.1, 0.15) is 31.1 Å². The molecule has 0 aliphatic rings. The average Bonchev–Trinajstić information content (AvgIpc) is 2.35. The summed E-state index contributed by atoms with van der Waals surface area (Å²) in [5.41, 5.74) is 1.87. The summed E-state index contributed by atoms with van der Waals surface area (Å²) >= 11 is 0. The van der Waals surface area contributed by atoms with Crippen LogP contribution in [0.2, 0.25) is 0 Å². The summed E-state index contributed by atoms with van der Waals surface area (Å²) in [5.74, 6) is -0.934. The van der Waals surface area contributed by atoms with Crippen molar-refractivity contribution in [3.05, 3.63) is 35.4 Å². The van der Waals surface area contributed by atoms with E-state index in [0.717, 1.165) is 17.5 Å². The van der Waals surface area contributed by atoms with Crippen LogP contribution in [0.5, 0.6) is 0 Å². The lowest BCUT2D eigenvalue weighted by Gasteiger charge is -2.19. The van der Waals surface area contributed by atoms with Gasteiger partial charge in [-0.25, -0.2) is 0 Å². The van der Waals surface area contributed by atoms with Crippen molar-refractivity contribution in [2.24, 2.45) is 5.92 Å². The Morgan fingerprint density at radius 1 is 1.44 bits per heavy atom. The fraction of sp³-hybridized carbons (Fsp3) is 0.462. The molecule has 0 bridgehead atoms. The number of rotatable bonds is 4. The van der Waals surface area contributed by atoms with E-state index in [-0.39, 0.29) is 0 Å². The van der Waals surface area contributed by atoms with Crippen molar-refractivity contribution in [2.75, 3.05) is 7.11 Å². The lowest BCUT2D eigenvalue weighted by atomic mass is 9.92. The molecule has 16 heavy (non-hydrogen) atoms. The first-order chi connectivity index (χ1) is 7.61. The van der Waals surface area contributed by atoms with Crippen LogP contribution in [-0.2, 0) is 16.0 Å². The monoisotopic (exact) mass is 222 g/mol. The Kier molecular flexibility index (Phi) is 4.50. The first-order valence-corrected chi connectivity index (χ1v) is 5.45. The van der Waals surface area contributed by atoms with Gasteiger partial charge in [-0.3, -0.25) is 4.79 Å². The van der Waals surface area contributed by atoms with Crippen LogP contribution in [0.15, 0.2) is 24.3 Å². The summed E-state index contributed by atoms with van der Waals surface area (Å²) in [6.07, 6.45) is 0.0322. The van der Waals surface area contributed by atoms with Crippen molar-refractivity contribution < 1.29 is 14.6 Å². The van der Waals surface area contributed by atoms with Crippen LogP contribution >= 0.6 is 0 Å².